The van der Waals surface area contributed by atoms with Crippen molar-refractivity contribution < 1.29 is 9.32 Å². The van der Waals surface area contributed by atoms with Crippen molar-refractivity contribution in [3.8, 4) is 0 Å². The highest BCUT2D eigenvalue weighted by Crippen LogP contribution is 2.14. The second-order valence-electron chi connectivity index (χ2n) is 5.01. The second-order valence-corrected chi connectivity index (χ2v) is 5.01. The Morgan fingerprint density at radius 2 is 2.21 bits per heavy atom. The first-order chi connectivity index (χ1) is 9.24. The van der Waals surface area contributed by atoms with Gasteiger partial charge >= 0.3 is 0 Å². The second kappa shape index (κ2) is 7.13. The summed E-state index contributed by atoms with van der Waals surface area (Å²) in [6.45, 7) is 2.91. The molecular formula is C13H21N3O3. The van der Waals surface area contributed by atoms with Crippen molar-refractivity contribution in [1.82, 2.24) is 15.8 Å². The number of aryl methyl sites for hydroxylation is 1. The zero-order valence-electron chi connectivity index (χ0n) is 11.0. The molecule has 2 heterocycles. The number of nitrogens with one attached hydrogen (secondary N) is 3. The number of carbonyl (C=O) groups excluding carboxylic acids is 1. The number of carbonyl (C=O) groups is 1. The van der Waals surface area contributed by atoms with Crippen LogP contribution in [0.15, 0.2) is 15.4 Å². The van der Waals surface area contributed by atoms with E-state index in [1.54, 1.807) is 0 Å². The predicted molar refractivity (Wildman–Crippen MR) is 70.9 cm³/mol. The molecule has 19 heavy (non-hydrogen) atoms. The lowest BCUT2D eigenvalue weighted by Crippen LogP contribution is -2.31. The predicted octanol–water partition coefficient (Wildman–Crippen LogP) is 0.406. The van der Waals surface area contributed by atoms with Crippen LogP contribution in [-0.2, 0) is 11.2 Å². The minimum absolute atomic E-state index is 0.0118. The molecule has 6 nitrogen and oxygen atoms in total. The van der Waals surface area contributed by atoms with Crippen LogP contribution in [0.5, 0.6) is 0 Å². The molecule has 0 aliphatic carbocycles. The molecule has 1 aromatic rings. The Morgan fingerprint density at radius 1 is 1.42 bits per heavy atom. The smallest absolute Gasteiger partial charge is 0.280 e. The Morgan fingerprint density at radius 3 is 2.89 bits per heavy atom. The highest BCUT2D eigenvalue weighted by molar-refractivity contribution is 5.75. The molecule has 1 fully saturated rings. The van der Waals surface area contributed by atoms with Crippen molar-refractivity contribution in [3.05, 3.63) is 22.2 Å². The fourth-order valence-electron chi connectivity index (χ4n) is 2.36. The Labute approximate surface area is 111 Å². The molecule has 0 radical (unpaired) electrons. The van der Waals surface area contributed by atoms with E-state index in [0.717, 1.165) is 32.0 Å². The van der Waals surface area contributed by atoms with Crippen molar-refractivity contribution >= 4 is 5.91 Å². The minimum Gasteiger partial charge on any atom is -0.384 e. The number of piperidine rings is 1. The normalized spacial score (nSPS) is 16.4. The molecule has 0 atom stereocenters. The summed E-state index contributed by atoms with van der Waals surface area (Å²) in [5.74, 6) is 1.26. The molecule has 1 aromatic heterocycles. The molecule has 0 spiro atoms. The first-order valence-electron chi connectivity index (χ1n) is 6.89. The fourth-order valence-corrected chi connectivity index (χ4v) is 2.36. The van der Waals surface area contributed by atoms with E-state index >= 15 is 0 Å². The Kier molecular flexibility index (Phi) is 5.20. The van der Waals surface area contributed by atoms with Crippen LogP contribution in [0.3, 0.4) is 0 Å². The van der Waals surface area contributed by atoms with Crippen LogP contribution in [0.4, 0.5) is 0 Å². The molecule has 6 heteroatoms. The standard InChI is InChI=1S/C13H21N3O3/c17-12(2-1-11-9-13(18)16-19-11)15-8-5-10-3-6-14-7-4-10/h9-10,14H,1-8H2,(H,15,17)(H,16,18). The monoisotopic (exact) mass is 267 g/mol. The molecule has 1 aliphatic rings. The number of aromatic amines is 1. The number of H-pyrrole nitrogens is 1. The van der Waals surface area contributed by atoms with Gasteiger partial charge in [0.25, 0.3) is 5.56 Å². The molecule has 3 N–H and O–H groups in total. The molecule has 106 valence electrons. The third-order valence-corrected chi connectivity index (χ3v) is 3.51. The Hall–Kier alpha value is -1.56. The number of aromatic nitrogens is 1. The van der Waals surface area contributed by atoms with E-state index in [1.165, 1.54) is 18.9 Å². The largest absolute Gasteiger partial charge is 0.384 e. The van der Waals surface area contributed by atoms with Crippen LogP contribution in [0.2, 0.25) is 0 Å². The average molecular weight is 267 g/mol. The van der Waals surface area contributed by atoms with Gasteiger partial charge < -0.3 is 15.2 Å². The summed E-state index contributed by atoms with van der Waals surface area (Å²) in [6, 6.07) is 1.38. The number of hydrogen-bond acceptors (Lipinski definition) is 4. The van der Waals surface area contributed by atoms with Crippen molar-refractivity contribution in [2.75, 3.05) is 19.6 Å². The summed E-state index contributed by atoms with van der Waals surface area (Å²) in [7, 11) is 0. The lowest BCUT2D eigenvalue weighted by atomic mass is 9.95. The SMILES string of the molecule is O=C(CCc1cc(=O)[nH]o1)NCCC1CCNCC1. The maximum absolute atomic E-state index is 11.6. The molecule has 0 unspecified atom stereocenters. The lowest BCUT2D eigenvalue weighted by molar-refractivity contribution is -0.121. The van der Waals surface area contributed by atoms with E-state index in [-0.39, 0.29) is 11.5 Å². The van der Waals surface area contributed by atoms with Gasteiger partial charge in [-0.1, -0.05) is 0 Å². The maximum Gasteiger partial charge on any atom is 0.280 e. The van der Waals surface area contributed by atoms with Crippen molar-refractivity contribution in [3.63, 3.8) is 0 Å². The van der Waals surface area contributed by atoms with Crippen molar-refractivity contribution in [2.24, 2.45) is 5.92 Å². The van der Waals surface area contributed by atoms with Crippen LogP contribution < -0.4 is 16.2 Å². The van der Waals surface area contributed by atoms with Gasteiger partial charge in [0.15, 0.2) is 0 Å². The zero-order chi connectivity index (χ0) is 13.5. The number of rotatable bonds is 6. The van der Waals surface area contributed by atoms with Gasteiger partial charge in [0.1, 0.15) is 5.76 Å². The van der Waals surface area contributed by atoms with Gasteiger partial charge in [-0.2, -0.15) is 5.16 Å². The quantitative estimate of drug-likeness (QED) is 0.696. The summed E-state index contributed by atoms with van der Waals surface area (Å²) >= 11 is 0. The van der Waals surface area contributed by atoms with E-state index in [9.17, 15) is 9.59 Å². The first kappa shape index (κ1) is 13.9. The number of amides is 1. The third kappa shape index (κ3) is 4.90. The molecule has 2 rings (SSSR count). The van der Waals surface area contributed by atoms with Gasteiger partial charge in [-0.15, -0.1) is 0 Å². The summed E-state index contributed by atoms with van der Waals surface area (Å²) in [6.07, 6.45) is 4.26. The highest BCUT2D eigenvalue weighted by atomic mass is 16.5. The minimum atomic E-state index is -0.263. The molecule has 1 amide bonds. The highest BCUT2D eigenvalue weighted by Gasteiger charge is 2.13. The molecule has 0 bridgehead atoms. The van der Waals surface area contributed by atoms with Gasteiger partial charge in [-0.3, -0.25) is 9.59 Å². The molecular weight excluding hydrogens is 246 g/mol. The average Bonchev–Trinajstić information content (AvgIpc) is 2.83. The summed E-state index contributed by atoms with van der Waals surface area (Å²) in [5.41, 5.74) is -0.263. The fraction of sp³-hybridized carbons (Fsp3) is 0.692. The van der Waals surface area contributed by atoms with E-state index in [1.807, 2.05) is 0 Å². The Bertz CT molecular complexity index is 446. The van der Waals surface area contributed by atoms with Crippen molar-refractivity contribution in [1.29, 1.82) is 0 Å². The summed E-state index contributed by atoms with van der Waals surface area (Å²) in [4.78, 5) is 22.4. The zero-order valence-corrected chi connectivity index (χ0v) is 11.0. The van der Waals surface area contributed by atoms with Gasteiger partial charge in [0, 0.05) is 25.5 Å². The van der Waals surface area contributed by atoms with Crippen LogP contribution in [0.25, 0.3) is 0 Å². The third-order valence-electron chi connectivity index (χ3n) is 3.51. The maximum atomic E-state index is 11.6. The first-order valence-corrected chi connectivity index (χ1v) is 6.89. The molecule has 1 saturated heterocycles. The summed E-state index contributed by atoms with van der Waals surface area (Å²) < 4.78 is 4.89. The molecule has 0 aromatic carbocycles. The van der Waals surface area contributed by atoms with Crippen LogP contribution in [0, 0.1) is 5.92 Å². The molecule has 0 saturated carbocycles. The van der Waals surface area contributed by atoms with Crippen LogP contribution in [0.1, 0.15) is 31.4 Å². The van der Waals surface area contributed by atoms with Crippen LogP contribution >= 0.6 is 0 Å². The topological polar surface area (TPSA) is 87.1 Å². The van der Waals surface area contributed by atoms with E-state index in [0.29, 0.717) is 18.6 Å². The lowest BCUT2D eigenvalue weighted by Gasteiger charge is -2.22. The molecule has 1 aliphatic heterocycles. The van der Waals surface area contributed by atoms with Gasteiger partial charge in [0.2, 0.25) is 5.91 Å². The van der Waals surface area contributed by atoms with Gasteiger partial charge in [-0.05, 0) is 38.3 Å². The number of hydrogen-bond donors (Lipinski definition) is 3. The van der Waals surface area contributed by atoms with E-state index in [2.05, 4.69) is 15.8 Å². The van der Waals surface area contributed by atoms with E-state index < -0.39 is 0 Å². The van der Waals surface area contributed by atoms with E-state index in [4.69, 9.17) is 4.52 Å². The van der Waals surface area contributed by atoms with Gasteiger partial charge in [0.05, 0.1) is 0 Å². The van der Waals surface area contributed by atoms with Crippen molar-refractivity contribution in [2.45, 2.75) is 32.1 Å². The van der Waals surface area contributed by atoms with Crippen LogP contribution in [-0.4, -0.2) is 30.7 Å². The summed E-state index contributed by atoms with van der Waals surface area (Å²) in [5, 5.41) is 8.46. The Balaban J connectivity index is 1.57. The van der Waals surface area contributed by atoms with Gasteiger partial charge in [-0.25, -0.2) is 0 Å².